The van der Waals surface area contributed by atoms with Crippen molar-refractivity contribution < 1.29 is 23.9 Å². The van der Waals surface area contributed by atoms with Crippen molar-refractivity contribution in [2.45, 2.75) is 64.0 Å². The number of ether oxygens (including phenoxy) is 2. The highest BCUT2D eigenvalue weighted by Crippen LogP contribution is 2.45. The van der Waals surface area contributed by atoms with Gasteiger partial charge >= 0.3 is 0 Å². The Hall–Kier alpha value is -4.77. The summed E-state index contributed by atoms with van der Waals surface area (Å²) in [5.74, 6) is 2.91. The van der Waals surface area contributed by atoms with E-state index < -0.39 is 0 Å². The molecule has 1 N–H and O–H groups in total. The number of nitrogens with zero attached hydrogens (tertiary/aromatic N) is 4. The first kappa shape index (κ1) is 35.3. The SMILES string of the molecule is COc1cc(-c2cn(C)c(=O)c3c2C=NC3)cc(OC)c1CN1C[C@H]2CC(C(=O)N3CCC(c4ccc(CC5CCC(=O)NC5=O)cc4)CC3)C[C@H]2C1. The molecular formula is C42H49N5O6. The van der Waals surface area contributed by atoms with E-state index in [1.807, 2.05) is 18.3 Å². The molecule has 2 aromatic carbocycles. The van der Waals surface area contributed by atoms with E-state index in [0.717, 1.165) is 91.2 Å². The minimum absolute atomic E-state index is 0.0194. The third-order valence-electron chi connectivity index (χ3n) is 12.6. The molecule has 1 aromatic heterocycles. The number of methoxy groups -OCH3 is 2. The maximum atomic E-state index is 13.8. The van der Waals surface area contributed by atoms with Crippen LogP contribution in [-0.2, 0) is 40.9 Å². The van der Waals surface area contributed by atoms with E-state index in [2.05, 4.69) is 44.4 Å². The summed E-state index contributed by atoms with van der Waals surface area (Å²) in [4.78, 5) is 59.1. The zero-order valence-electron chi connectivity index (χ0n) is 30.9. The third-order valence-corrected chi connectivity index (χ3v) is 12.6. The van der Waals surface area contributed by atoms with Crippen LogP contribution in [0.1, 0.15) is 72.3 Å². The number of nitrogens with one attached hydrogen (secondary N) is 1. The topological polar surface area (TPSA) is 123 Å². The molecule has 0 bridgehead atoms. The Labute approximate surface area is 310 Å². The molecule has 4 aliphatic heterocycles. The van der Waals surface area contributed by atoms with Gasteiger partial charge in [0.05, 0.1) is 26.3 Å². The molecule has 3 amide bonds. The molecule has 5 aliphatic rings. The number of aliphatic imine (C=N–C) groups is 1. The number of benzene rings is 2. The summed E-state index contributed by atoms with van der Waals surface area (Å²) in [6.07, 6.45) is 9.14. The lowest BCUT2D eigenvalue weighted by atomic mass is 9.86. The smallest absolute Gasteiger partial charge is 0.256 e. The second-order valence-corrected chi connectivity index (χ2v) is 15.8. The standard InChI is InChI=1S/C42H49N5O6/c1-45-23-35(33-19-43-20-34(33)42(45)51)29-17-37(52-2)36(38(18-29)53-3)24-46-21-31-15-30(16-32(31)22-46)41(50)47-12-10-27(11-13-47)26-6-4-25(5-7-26)14-28-8-9-39(48)44-40(28)49/h4-7,17-19,23,27-28,30-32H,8-16,20-22,24H2,1-3H3,(H,44,48,49)/t28?,30?,31-,32+. The highest BCUT2D eigenvalue weighted by molar-refractivity contribution is 5.98. The molecule has 1 saturated carbocycles. The van der Waals surface area contributed by atoms with E-state index in [9.17, 15) is 19.2 Å². The molecule has 11 heteroatoms. The number of carbonyl (C=O) groups is 3. The van der Waals surface area contributed by atoms with Gasteiger partial charge in [0.2, 0.25) is 17.7 Å². The highest BCUT2D eigenvalue weighted by Gasteiger charge is 2.45. The third kappa shape index (κ3) is 6.91. The van der Waals surface area contributed by atoms with Gasteiger partial charge in [0, 0.05) is 87.1 Å². The molecule has 3 saturated heterocycles. The first-order valence-corrected chi connectivity index (χ1v) is 19.1. The highest BCUT2D eigenvalue weighted by atomic mass is 16.5. The molecule has 11 nitrogen and oxygen atoms in total. The molecule has 8 rings (SSSR count). The Balaban J connectivity index is 0.848. The number of hydrogen-bond donors (Lipinski definition) is 1. The van der Waals surface area contributed by atoms with Crippen LogP contribution in [-0.4, -0.2) is 78.7 Å². The zero-order chi connectivity index (χ0) is 36.8. The quantitative estimate of drug-likeness (QED) is 0.324. The number of carbonyl (C=O) groups excluding carboxylic acids is 3. The minimum Gasteiger partial charge on any atom is -0.496 e. The number of rotatable bonds is 9. The molecule has 4 atom stereocenters. The van der Waals surface area contributed by atoms with Crippen molar-refractivity contribution in [2.24, 2.45) is 35.7 Å². The number of aromatic nitrogens is 1. The molecule has 2 unspecified atom stereocenters. The van der Waals surface area contributed by atoms with Crippen LogP contribution in [0.4, 0.5) is 0 Å². The summed E-state index contributed by atoms with van der Waals surface area (Å²) < 4.78 is 13.5. The van der Waals surface area contributed by atoms with E-state index >= 15 is 0 Å². The van der Waals surface area contributed by atoms with Gasteiger partial charge in [-0.25, -0.2) is 0 Å². The molecule has 1 aliphatic carbocycles. The largest absolute Gasteiger partial charge is 0.496 e. The van der Waals surface area contributed by atoms with Crippen LogP contribution in [0.3, 0.4) is 0 Å². The molecule has 53 heavy (non-hydrogen) atoms. The van der Waals surface area contributed by atoms with Crippen molar-refractivity contribution >= 4 is 23.9 Å². The summed E-state index contributed by atoms with van der Waals surface area (Å²) in [6.45, 7) is 4.60. The van der Waals surface area contributed by atoms with Crippen LogP contribution in [0, 0.1) is 23.7 Å². The summed E-state index contributed by atoms with van der Waals surface area (Å²) >= 11 is 0. The number of imide groups is 1. The number of piperidine rings is 2. The van der Waals surface area contributed by atoms with E-state index in [0.29, 0.717) is 61.6 Å². The van der Waals surface area contributed by atoms with Gasteiger partial charge < -0.3 is 18.9 Å². The van der Waals surface area contributed by atoms with Gasteiger partial charge in [0.1, 0.15) is 11.5 Å². The first-order chi connectivity index (χ1) is 25.7. The lowest BCUT2D eigenvalue weighted by molar-refractivity contribution is -0.137. The van der Waals surface area contributed by atoms with Crippen LogP contribution >= 0.6 is 0 Å². The second kappa shape index (κ2) is 14.6. The van der Waals surface area contributed by atoms with Crippen LogP contribution in [0.15, 0.2) is 52.4 Å². The van der Waals surface area contributed by atoms with Crippen molar-refractivity contribution in [2.75, 3.05) is 40.4 Å². The maximum Gasteiger partial charge on any atom is 0.256 e. The Kier molecular flexibility index (Phi) is 9.70. The normalized spacial score (nSPS) is 24.3. The van der Waals surface area contributed by atoms with Crippen molar-refractivity contribution in [1.82, 2.24) is 19.7 Å². The number of pyridine rings is 1. The molecule has 5 heterocycles. The van der Waals surface area contributed by atoms with Crippen molar-refractivity contribution in [3.8, 4) is 22.6 Å². The number of hydrogen-bond acceptors (Lipinski definition) is 8. The van der Waals surface area contributed by atoms with Crippen LogP contribution < -0.4 is 20.3 Å². The summed E-state index contributed by atoms with van der Waals surface area (Å²) in [5, 5.41) is 2.46. The Morgan fingerprint density at radius 1 is 0.943 bits per heavy atom. The van der Waals surface area contributed by atoms with Crippen LogP contribution in [0.2, 0.25) is 0 Å². The van der Waals surface area contributed by atoms with Crippen molar-refractivity contribution in [3.05, 3.63) is 80.8 Å². The Bertz CT molecular complexity index is 1970. The number of likely N-dealkylation sites (tertiary alicyclic amines) is 2. The first-order valence-electron chi connectivity index (χ1n) is 19.1. The van der Waals surface area contributed by atoms with Crippen molar-refractivity contribution in [3.63, 3.8) is 0 Å². The molecule has 0 radical (unpaired) electrons. The Morgan fingerprint density at radius 3 is 2.26 bits per heavy atom. The van der Waals surface area contributed by atoms with Gasteiger partial charge in [0.25, 0.3) is 5.56 Å². The van der Waals surface area contributed by atoms with E-state index in [4.69, 9.17) is 9.47 Å². The van der Waals surface area contributed by atoms with Crippen molar-refractivity contribution in [1.29, 1.82) is 0 Å². The second-order valence-electron chi connectivity index (χ2n) is 15.8. The van der Waals surface area contributed by atoms with Gasteiger partial charge in [-0.3, -0.25) is 34.4 Å². The number of amides is 3. The Morgan fingerprint density at radius 2 is 1.62 bits per heavy atom. The maximum absolute atomic E-state index is 13.8. The minimum atomic E-state index is -0.175. The number of fused-ring (bicyclic) bond motifs is 2. The lowest BCUT2D eigenvalue weighted by Gasteiger charge is -2.34. The molecule has 3 aromatic rings. The predicted octanol–water partition coefficient (Wildman–Crippen LogP) is 4.46. The van der Waals surface area contributed by atoms with Gasteiger partial charge in [-0.15, -0.1) is 0 Å². The monoisotopic (exact) mass is 719 g/mol. The zero-order valence-corrected chi connectivity index (χ0v) is 30.9. The van der Waals surface area contributed by atoms with E-state index in [-0.39, 0.29) is 29.2 Å². The van der Waals surface area contributed by atoms with Gasteiger partial charge in [-0.2, -0.15) is 0 Å². The van der Waals surface area contributed by atoms with Gasteiger partial charge in [-0.1, -0.05) is 24.3 Å². The van der Waals surface area contributed by atoms with Crippen LogP contribution in [0.25, 0.3) is 11.1 Å². The fourth-order valence-corrected chi connectivity index (χ4v) is 9.65. The van der Waals surface area contributed by atoms with E-state index in [1.54, 1.807) is 32.0 Å². The lowest BCUT2D eigenvalue weighted by Crippen LogP contribution is -2.41. The van der Waals surface area contributed by atoms with E-state index in [1.165, 1.54) is 5.56 Å². The molecular weight excluding hydrogens is 670 g/mol. The predicted molar refractivity (Wildman–Crippen MR) is 201 cm³/mol. The average Bonchev–Trinajstić information content (AvgIpc) is 3.91. The average molecular weight is 720 g/mol. The van der Waals surface area contributed by atoms with Gasteiger partial charge in [-0.05, 0) is 85.1 Å². The molecule has 0 spiro atoms. The summed E-state index contributed by atoms with van der Waals surface area (Å²) in [5.41, 5.74) is 6.83. The fourth-order valence-electron chi connectivity index (χ4n) is 9.65. The number of aryl methyl sites for hydroxylation is 1. The summed E-state index contributed by atoms with van der Waals surface area (Å²) in [7, 11) is 5.15. The van der Waals surface area contributed by atoms with Crippen LogP contribution in [0.5, 0.6) is 11.5 Å². The molecule has 278 valence electrons. The fraction of sp³-hybridized carbons (Fsp3) is 0.500. The molecule has 4 fully saturated rings. The summed E-state index contributed by atoms with van der Waals surface area (Å²) in [6, 6.07) is 12.7. The van der Waals surface area contributed by atoms with Gasteiger partial charge in [0.15, 0.2) is 0 Å².